The molecule has 1 saturated carbocycles. The van der Waals surface area contributed by atoms with Gasteiger partial charge in [-0.1, -0.05) is 25.0 Å². The van der Waals surface area contributed by atoms with Gasteiger partial charge in [0.15, 0.2) is 0 Å². The standard InChI is InChI=1S/C14H20N2O2/c15-11-5-3-4-10(8-11)9-14(18)16-12-6-1-2-7-13(12)17/h3-5,8,12-13,17H,1-2,6-7,9,15H2,(H,16,18). The summed E-state index contributed by atoms with van der Waals surface area (Å²) in [5.41, 5.74) is 7.23. The normalized spacial score (nSPS) is 23.6. The van der Waals surface area contributed by atoms with Gasteiger partial charge < -0.3 is 16.2 Å². The number of rotatable bonds is 3. The lowest BCUT2D eigenvalue weighted by atomic mass is 9.92. The molecule has 4 nitrogen and oxygen atoms in total. The molecule has 0 radical (unpaired) electrons. The monoisotopic (exact) mass is 248 g/mol. The second-order valence-electron chi connectivity index (χ2n) is 4.95. The minimum Gasteiger partial charge on any atom is -0.399 e. The second kappa shape index (κ2) is 5.87. The Morgan fingerprint density at radius 3 is 2.89 bits per heavy atom. The van der Waals surface area contributed by atoms with Crippen LogP contribution in [0, 0.1) is 0 Å². The summed E-state index contributed by atoms with van der Waals surface area (Å²) in [5, 5.41) is 12.7. The molecular weight excluding hydrogens is 228 g/mol. The number of nitrogen functional groups attached to an aromatic ring is 1. The molecule has 98 valence electrons. The number of anilines is 1. The van der Waals surface area contributed by atoms with Gasteiger partial charge in [-0.05, 0) is 30.5 Å². The van der Waals surface area contributed by atoms with E-state index in [2.05, 4.69) is 5.32 Å². The highest BCUT2D eigenvalue weighted by molar-refractivity contribution is 5.79. The Morgan fingerprint density at radius 2 is 2.17 bits per heavy atom. The molecule has 1 amide bonds. The van der Waals surface area contributed by atoms with Gasteiger partial charge in [0.1, 0.15) is 0 Å². The third-order valence-electron chi connectivity index (χ3n) is 3.39. The van der Waals surface area contributed by atoms with E-state index in [1.54, 1.807) is 12.1 Å². The van der Waals surface area contributed by atoms with Crippen LogP contribution in [0.5, 0.6) is 0 Å². The molecule has 0 bridgehead atoms. The minimum atomic E-state index is -0.399. The summed E-state index contributed by atoms with van der Waals surface area (Å²) in [4.78, 5) is 11.9. The molecule has 2 atom stereocenters. The highest BCUT2D eigenvalue weighted by Gasteiger charge is 2.24. The molecule has 2 unspecified atom stereocenters. The summed E-state index contributed by atoms with van der Waals surface area (Å²) in [6, 6.07) is 7.23. The van der Waals surface area contributed by atoms with Crippen LogP contribution in [-0.2, 0) is 11.2 Å². The Bertz CT molecular complexity index is 420. The molecule has 4 N–H and O–H groups in total. The molecule has 0 aromatic heterocycles. The van der Waals surface area contributed by atoms with Gasteiger partial charge >= 0.3 is 0 Å². The van der Waals surface area contributed by atoms with Crippen molar-refractivity contribution in [3.8, 4) is 0 Å². The third-order valence-corrected chi connectivity index (χ3v) is 3.39. The van der Waals surface area contributed by atoms with Gasteiger partial charge in [-0.25, -0.2) is 0 Å². The lowest BCUT2D eigenvalue weighted by molar-refractivity contribution is -0.122. The number of aliphatic hydroxyl groups excluding tert-OH is 1. The number of nitrogens with one attached hydrogen (secondary N) is 1. The summed E-state index contributed by atoms with van der Waals surface area (Å²) in [7, 11) is 0. The van der Waals surface area contributed by atoms with Crippen LogP contribution in [0.1, 0.15) is 31.2 Å². The zero-order valence-electron chi connectivity index (χ0n) is 10.4. The maximum absolute atomic E-state index is 11.9. The first-order chi connectivity index (χ1) is 8.65. The topological polar surface area (TPSA) is 75.4 Å². The summed E-state index contributed by atoms with van der Waals surface area (Å²) in [6.45, 7) is 0. The predicted octanol–water partition coefficient (Wildman–Crippen LogP) is 1.23. The quantitative estimate of drug-likeness (QED) is 0.704. The van der Waals surface area contributed by atoms with Crippen molar-refractivity contribution in [2.24, 2.45) is 0 Å². The van der Waals surface area contributed by atoms with Crippen LogP contribution in [0.15, 0.2) is 24.3 Å². The predicted molar refractivity (Wildman–Crippen MR) is 71.0 cm³/mol. The van der Waals surface area contributed by atoms with Crippen LogP contribution in [0.25, 0.3) is 0 Å². The highest BCUT2D eigenvalue weighted by Crippen LogP contribution is 2.18. The van der Waals surface area contributed by atoms with Crippen molar-refractivity contribution in [3.05, 3.63) is 29.8 Å². The number of aliphatic hydroxyl groups is 1. The van der Waals surface area contributed by atoms with Gasteiger partial charge in [-0.15, -0.1) is 0 Å². The lowest BCUT2D eigenvalue weighted by Gasteiger charge is -2.28. The number of hydrogen-bond acceptors (Lipinski definition) is 3. The van der Waals surface area contributed by atoms with E-state index in [1.165, 1.54) is 0 Å². The van der Waals surface area contributed by atoms with E-state index in [9.17, 15) is 9.90 Å². The molecule has 0 aliphatic heterocycles. The molecule has 0 heterocycles. The van der Waals surface area contributed by atoms with Crippen LogP contribution < -0.4 is 11.1 Å². The molecule has 2 rings (SSSR count). The van der Waals surface area contributed by atoms with Crippen molar-refractivity contribution in [3.63, 3.8) is 0 Å². The van der Waals surface area contributed by atoms with Gasteiger partial charge in [0, 0.05) is 5.69 Å². The van der Waals surface area contributed by atoms with Crippen LogP contribution >= 0.6 is 0 Å². The fourth-order valence-electron chi connectivity index (χ4n) is 2.43. The van der Waals surface area contributed by atoms with E-state index in [0.29, 0.717) is 12.1 Å². The van der Waals surface area contributed by atoms with Crippen molar-refractivity contribution < 1.29 is 9.90 Å². The zero-order valence-corrected chi connectivity index (χ0v) is 10.4. The number of carbonyl (C=O) groups excluding carboxylic acids is 1. The number of nitrogens with two attached hydrogens (primary N) is 1. The van der Waals surface area contributed by atoms with Gasteiger partial charge in [-0.3, -0.25) is 4.79 Å². The maximum Gasteiger partial charge on any atom is 0.224 e. The summed E-state index contributed by atoms with van der Waals surface area (Å²) < 4.78 is 0. The number of benzene rings is 1. The van der Waals surface area contributed by atoms with Crippen LogP contribution in [-0.4, -0.2) is 23.2 Å². The first kappa shape index (κ1) is 12.9. The van der Waals surface area contributed by atoms with E-state index in [1.807, 2.05) is 12.1 Å². The SMILES string of the molecule is Nc1cccc(CC(=O)NC2CCCCC2O)c1. The molecule has 1 aromatic carbocycles. The Kier molecular flexibility index (Phi) is 4.20. The van der Waals surface area contributed by atoms with Crippen molar-refractivity contribution >= 4 is 11.6 Å². The van der Waals surface area contributed by atoms with E-state index in [4.69, 9.17) is 5.73 Å². The van der Waals surface area contributed by atoms with E-state index in [-0.39, 0.29) is 11.9 Å². The Hall–Kier alpha value is -1.55. The van der Waals surface area contributed by atoms with Gasteiger partial charge in [0.25, 0.3) is 0 Å². The zero-order chi connectivity index (χ0) is 13.0. The molecule has 0 saturated heterocycles. The van der Waals surface area contributed by atoms with E-state index < -0.39 is 6.10 Å². The Labute approximate surface area is 107 Å². The van der Waals surface area contributed by atoms with Gasteiger partial charge in [0.2, 0.25) is 5.91 Å². The van der Waals surface area contributed by atoms with Crippen molar-refractivity contribution in [1.82, 2.24) is 5.32 Å². The summed E-state index contributed by atoms with van der Waals surface area (Å²) >= 11 is 0. The highest BCUT2D eigenvalue weighted by atomic mass is 16.3. The van der Waals surface area contributed by atoms with Crippen molar-refractivity contribution in [2.45, 2.75) is 44.2 Å². The van der Waals surface area contributed by atoms with E-state index in [0.717, 1.165) is 31.2 Å². The van der Waals surface area contributed by atoms with Crippen LogP contribution in [0.4, 0.5) is 5.69 Å². The maximum atomic E-state index is 11.9. The smallest absolute Gasteiger partial charge is 0.224 e. The van der Waals surface area contributed by atoms with Gasteiger partial charge in [0.05, 0.1) is 18.6 Å². The van der Waals surface area contributed by atoms with Crippen molar-refractivity contribution in [2.75, 3.05) is 5.73 Å². The Morgan fingerprint density at radius 1 is 1.39 bits per heavy atom. The molecular formula is C14H20N2O2. The average Bonchev–Trinajstić information content (AvgIpc) is 2.32. The first-order valence-electron chi connectivity index (χ1n) is 6.47. The number of amides is 1. The second-order valence-corrected chi connectivity index (χ2v) is 4.95. The number of hydrogen-bond donors (Lipinski definition) is 3. The fourth-order valence-corrected chi connectivity index (χ4v) is 2.43. The van der Waals surface area contributed by atoms with Gasteiger partial charge in [-0.2, -0.15) is 0 Å². The molecule has 18 heavy (non-hydrogen) atoms. The minimum absolute atomic E-state index is 0.0495. The van der Waals surface area contributed by atoms with Crippen LogP contribution in [0.3, 0.4) is 0 Å². The van der Waals surface area contributed by atoms with E-state index >= 15 is 0 Å². The number of carbonyl (C=O) groups is 1. The van der Waals surface area contributed by atoms with Crippen molar-refractivity contribution in [1.29, 1.82) is 0 Å². The first-order valence-corrected chi connectivity index (χ1v) is 6.47. The van der Waals surface area contributed by atoms with Crippen LogP contribution in [0.2, 0.25) is 0 Å². The molecule has 1 fully saturated rings. The molecule has 4 heteroatoms. The summed E-state index contributed by atoms with van der Waals surface area (Å²) in [5.74, 6) is -0.0495. The average molecular weight is 248 g/mol. The Balaban J connectivity index is 1.88. The fraction of sp³-hybridized carbons (Fsp3) is 0.500. The molecule has 0 spiro atoms. The molecule has 1 aromatic rings. The molecule has 1 aliphatic rings. The largest absolute Gasteiger partial charge is 0.399 e. The summed E-state index contributed by atoms with van der Waals surface area (Å²) in [6.07, 6.45) is 3.67. The molecule has 1 aliphatic carbocycles. The third kappa shape index (κ3) is 3.47. The lowest BCUT2D eigenvalue weighted by Crippen LogP contribution is -2.45.